The zero-order valence-electron chi connectivity index (χ0n) is 9.81. The van der Waals surface area contributed by atoms with Crippen LogP contribution < -0.4 is 10.6 Å². The lowest BCUT2D eigenvalue weighted by atomic mass is 9.87. The number of pyridine rings is 1. The van der Waals surface area contributed by atoms with E-state index in [1.807, 2.05) is 19.1 Å². The summed E-state index contributed by atoms with van der Waals surface area (Å²) in [6.07, 6.45) is 3.68. The Kier molecular flexibility index (Phi) is 3.40. The molecule has 1 fully saturated rings. The number of carbonyl (C=O) groups is 1. The van der Waals surface area contributed by atoms with Gasteiger partial charge in [-0.3, -0.25) is 9.78 Å². The third kappa shape index (κ3) is 2.81. The van der Waals surface area contributed by atoms with Crippen LogP contribution in [-0.2, 0) is 4.79 Å². The molecule has 0 spiro atoms. The second-order valence-corrected chi connectivity index (χ2v) is 4.61. The van der Waals surface area contributed by atoms with Crippen LogP contribution in [-0.4, -0.2) is 34.7 Å². The van der Waals surface area contributed by atoms with Gasteiger partial charge in [0.2, 0.25) is 0 Å². The molecule has 0 aromatic carbocycles. The Labute approximate surface area is 100 Å². The maximum atomic E-state index is 10.8. The number of rotatable bonds is 5. The van der Waals surface area contributed by atoms with Gasteiger partial charge in [0.15, 0.2) is 0 Å². The third-order valence-corrected chi connectivity index (χ3v) is 3.12. The number of carboxylic acid groups (broad SMARTS) is 1. The van der Waals surface area contributed by atoms with Gasteiger partial charge in [0, 0.05) is 31.5 Å². The van der Waals surface area contributed by atoms with E-state index >= 15 is 0 Å². The van der Waals surface area contributed by atoms with Gasteiger partial charge in [-0.1, -0.05) is 6.07 Å². The molecule has 1 saturated heterocycles. The minimum absolute atomic E-state index is 0.102. The van der Waals surface area contributed by atoms with Crippen molar-refractivity contribution >= 4 is 5.97 Å². The highest BCUT2D eigenvalue weighted by molar-refractivity contribution is 5.68. The molecular formula is C12H17N3O2. The SMILES string of the molecule is C[C@@H](NC1(CC(=O)O)CNC1)c1cccnc1. The second kappa shape index (κ2) is 4.81. The summed E-state index contributed by atoms with van der Waals surface area (Å²) < 4.78 is 0. The zero-order valence-corrected chi connectivity index (χ0v) is 9.81. The van der Waals surface area contributed by atoms with Crippen molar-refractivity contribution in [1.29, 1.82) is 0 Å². The molecule has 1 aromatic rings. The predicted molar refractivity (Wildman–Crippen MR) is 63.6 cm³/mol. The van der Waals surface area contributed by atoms with Gasteiger partial charge in [-0.25, -0.2) is 0 Å². The average molecular weight is 235 g/mol. The van der Waals surface area contributed by atoms with Gasteiger partial charge in [0.25, 0.3) is 0 Å². The van der Waals surface area contributed by atoms with Crippen LogP contribution in [0.5, 0.6) is 0 Å². The molecule has 2 heterocycles. The van der Waals surface area contributed by atoms with E-state index < -0.39 is 5.97 Å². The number of hydrogen-bond acceptors (Lipinski definition) is 4. The molecule has 92 valence electrons. The summed E-state index contributed by atoms with van der Waals surface area (Å²) in [5.41, 5.74) is 0.755. The summed E-state index contributed by atoms with van der Waals surface area (Å²) in [4.78, 5) is 14.9. The molecule has 5 heteroatoms. The Morgan fingerprint density at radius 2 is 2.47 bits per heavy atom. The standard InChI is InChI=1S/C12H17N3O2/c1-9(10-3-2-4-13-6-10)15-12(5-11(16)17)7-14-8-12/h2-4,6,9,14-15H,5,7-8H2,1H3,(H,16,17)/t9-/m1/s1. The van der Waals surface area contributed by atoms with E-state index in [1.54, 1.807) is 12.4 Å². The summed E-state index contributed by atoms with van der Waals surface area (Å²) in [5, 5.41) is 15.4. The van der Waals surface area contributed by atoms with Crippen molar-refractivity contribution in [1.82, 2.24) is 15.6 Å². The van der Waals surface area contributed by atoms with Crippen LogP contribution in [0.2, 0.25) is 0 Å². The largest absolute Gasteiger partial charge is 0.481 e. The monoisotopic (exact) mass is 235 g/mol. The summed E-state index contributed by atoms with van der Waals surface area (Å²) in [7, 11) is 0. The maximum Gasteiger partial charge on any atom is 0.305 e. The number of aliphatic carboxylic acids is 1. The van der Waals surface area contributed by atoms with Crippen LogP contribution in [0.25, 0.3) is 0 Å². The molecule has 1 aromatic heterocycles. The Bertz CT molecular complexity index is 390. The fourth-order valence-corrected chi connectivity index (χ4v) is 2.17. The number of hydrogen-bond donors (Lipinski definition) is 3. The Morgan fingerprint density at radius 3 is 2.94 bits per heavy atom. The van der Waals surface area contributed by atoms with Crippen molar-refractivity contribution < 1.29 is 9.90 Å². The zero-order chi connectivity index (χ0) is 12.3. The fourth-order valence-electron chi connectivity index (χ4n) is 2.17. The smallest absolute Gasteiger partial charge is 0.305 e. The third-order valence-electron chi connectivity index (χ3n) is 3.12. The topological polar surface area (TPSA) is 74.2 Å². The molecule has 0 bridgehead atoms. The summed E-state index contributed by atoms with van der Waals surface area (Å²) in [6, 6.07) is 3.98. The highest BCUT2D eigenvalue weighted by Gasteiger charge is 2.39. The lowest BCUT2D eigenvalue weighted by Crippen LogP contribution is -2.68. The molecule has 5 nitrogen and oxygen atoms in total. The molecule has 1 aliphatic heterocycles. The van der Waals surface area contributed by atoms with Crippen molar-refractivity contribution in [2.45, 2.75) is 24.9 Å². The van der Waals surface area contributed by atoms with Crippen LogP contribution in [0, 0.1) is 0 Å². The Balaban J connectivity index is 2.02. The molecule has 1 aliphatic rings. The van der Waals surface area contributed by atoms with Crippen molar-refractivity contribution in [3.8, 4) is 0 Å². The first kappa shape index (κ1) is 12.0. The lowest BCUT2D eigenvalue weighted by Gasteiger charge is -2.44. The van der Waals surface area contributed by atoms with E-state index in [4.69, 9.17) is 5.11 Å². The first-order chi connectivity index (χ1) is 8.11. The number of nitrogens with one attached hydrogen (secondary N) is 2. The first-order valence-corrected chi connectivity index (χ1v) is 5.71. The van der Waals surface area contributed by atoms with Crippen molar-refractivity contribution in [2.24, 2.45) is 0 Å². The van der Waals surface area contributed by atoms with E-state index in [0.29, 0.717) is 13.1 Å². The second-order valence-electron chi connectivity index (χ2n) is 4.61. The van der Waals surface area contributed by atoms with Crippen LogP contribution in [0.1, 0.15) is 24.9 Å². The highest BCUT2D eigenvalue weighted by Crippen LogP contribution is 2.22. The molecule has 1 atom stereocenters. The Hall–Kier alpha value is -1.46. The van der Waals surface area contributed by atoms with E-state index in [2.05, 4.69) is 15.6 Å². The molecule has 2 rings (SSSR count). The van der Waals surface area contributed by atoms with Crippen LogP contribution in [0.3, 0.4) is 0 Å². The van der Waals surface area contributed by atoms with Crippen molar-refractivity contribution in [3.05, 3.63) is 30.1 Å². The minimum atomic E-state index is -0.766. The molecule has 0 saturated carbocycles. The molecule has 0 unspecified atom stereocenters. The van der Waals surface area contributed by atoms with Gasteiger partial charge < -0.3 is 15.7 Å². The highest BCUT2D eigenvalue weighted by atomic mass is 16.4. The molecule has 17 heavy (non-hydrogen) atoms. The maximum absolute atomic E-state index is 10.8. The van der Waals surface area contributed by atoms with Gasteiger partial charge in [-0.05, 0) is 18.6 Å². The van der Waals surface area contributed by atoms with Crippen LogP contribution in [0.4, 0.5) is 0 Å². The van der Waals surface area contributed by atoms with Crippen molar-refractivity contribution in [3.63, 3.8) is 0 Å². The summed E-state index contributed by atoms with van der Waals surface area (Å²) >= 11 is 0. The quantitative estimate of drug-likeness (QED) is 0.695. The van der Waals surface area contributed by atoms with Gasteiger partial charge in [0.1, 0.15) is 0 Å². The van der Waals surface area contributed by atoms with Gasteiger partial charge in [-0.15, -0.1) is 0 Å². The molecule has 0 amide bonds. The van der Waals surface area contributed by atoms with Crippen LogP contribution in [0.15, 0.2) is 24.5 Å². The normalized spacial score (nSPS) is 19.4. The lowest BCUT2D eigenvalue weighted by molar-refractivity contribution is -0.139. The predicted octanol–water partition coefficient (Wildman–Crippen LogP) is 0.549. The minimum Gasteiger partial charge on any atom is -0.481 e. The van der Waals surface area contributed by atoms with E-state index in [1.165, 1.54) is 0 Å². The van der Waals surface area contributed by atoms with Gasteiger partial charge in [-0.2, -0.15) is 0 Å². The molecule has 3 N–H and O–H groups in total. The average Bonchev–Trinajstić information content (AvgIpc) is 2.26. The van der Waals surface area contributed by atoms with E-state index in [9.17, 15) is 4.79 Å². The molecule has 0 radical (unpaired) electrons. The number of carboxylic acids is 1. The van der Waals surface area contributed by atoms with Gasteiger partial charge in [0.05, 0.1) is 12.0 Å². The number of aromatic nitrogens is 1. The van der Waals surface area contributed by atoms with Crippen LogP contribution >= 0.6 is 0 Å². The summed E-state index contributed by atoms with van der Waals surface area (Å²) in [6.45, 7) is 3.42. The first-order valence-electron chi connectivity index (χ1n) is 5.71. The van der Waals surface area contributed by atoms with Crippen molar-refractivity contribution in [2.75, 3.05) is 13.1 Å². The van der Waals surface area contributed by atoms with Gasteiger partial charge >= 0.3 is 5.97 Å². The molecule has 0 aliphatic carbocycles. The molecular weight excluding hydrogens is 218 g/mol. The fraction of sp³-hybridized carbons (Fsp3) is 0.500. The summed E-state index contributed by atoms with van der Waals surface area (Å²) in [5.74, 6) is -0.766. The number of nitrogens with zero attached hydrogens (tertiary/aromatic N) is 1. The van der Waals surface area contributed by atoms with E-state index in [0.717, 1.165) is 5.56 Å². The van der Waals surface area contributed by atoms with E-state index in [-0.39, 0.29) is 18.0 Å². The Morgan fingerprint density at radius 1 is 1.71 bits per heavy atom.